The molecule has 0 aliphatic carbocycles. The third-order valence-electron chi connectivity index (χ3n) is 9.99. The van der Waals surface area contributed by atoms with Crippen molar-refractivity contribution in [2.45, 2.75) is 44.9 Å². The number of pyridine rings is 1. The van der Waals surface area contributed by atoms with Gasteiger partial charge in [-0.05, 0) is 84.0 Å². The number of carbonyl (C=O) groups excluding carboxylic acids is 1. The summed E-state index contributed by atoms with van der Waals surface area (Å²) in [6.07, 6.45) is 3.05. The minimum Gasteiger partial charge on any atom is -0.493 e. The van der Waals surface area contributed by atoms with Crippen LogP contribution in [0.4, 0.5) is 0 Å². The predicted octanol–water partition coefficient (Wildman–Crippen LogP) is 7.45. The highest BCUT2D eigenvalue weighted by atomic mass is 16.5. The van der Waals surface area contributed by atoms with Crippen LogP contribution in [-0.4, -0.2) is 69.8 Å². The number of carboxylic acid groups (broad SMARTS) is 1. The molecule has 4 aromatic carbocycles. The number of amides is 1. The molecule has 2 aliphatic rings. The Morgan fingerprint density at radius 1 is 0.830 bits per heavy atom. The number of fused-ring (bicyclic) bond motifs is 7. The average molecular weight is 709 g/mol. The molecule has 1 fully saturated rings. The van der Waals surface area contributed by atoms with Crippen LogP contribution >= 0.6 is 0 Å². The Balaban J connectivity index is 1.10. The molecule has 4 heterocycles. The third-order valence-corrected chi connectivity index (χ3v) is 9.99. The highest BCUT2D eigenvalue weighted by Crippen LogP contribution is 2.32. The van der Waals surface area contributed by atoms with E-state index >= 15 is 0 Å². The van der Waals surface area contributed by atoms with Gasteiger partial charge in [-0.15, -0.1) is 0 Å². The minimum absolute atomic E-state index is 0.0273. The van der Waals surface area contributed by atoms with Crippen molar-refractivity contribution in [3.05, 3.63) is 131 Å². The number of hydrogen-bond donors (Lipinski definition) is 1. The normalized spacial score (nSPS) is 15.3. The predicted molar refractivity (Wildman–Crippen MR) is 202 cm³/mol. The number of aryl methyl sites for hydroxylation is 1. The monoisotopic (exact) mass is 708 g/mol. The van der Waals surface area contributed by atoms with Crippen LogP contribution in [0.2, 0.25) is 0 Å². The molecule has 1 N–H and O–H groups in total. The van der Waals surface area contributed by atoms with Gasteiger partial charge in [-0.25, -0.2) is 14.8 Å². The lowest BCUT2D eigenvalue weighted by Gasteiger charge is -2.27. The van der Waals surface area contributed by atoms with Crippen molar-refractivity contribution in [1.82, 2.24) is 19.4 Å². The van der Waals surface area contributed by atoms with Gasteiger partial charge in [0.25, 0.3) is 5.91 Å². The largest absolute Gasteiger partial charge is 0.493 e. The fourth-order valence-electron chi connectivity index (χ4n) is 6.94. The first-order valence-electron chi connectivity index (χ1n) is 17.9. The number of rotatable bonds is 7. The maximum absolute atomic E-state index is 12.4. The molecule has 8 rings (SSSR count). The second kappa shape index (κ2) is 14.6. The Hall–Kier alpha value is -6.00. The van der Waals surface area contributed by atoms with E-state index in [-0.39, 0.29) is 17.6 Å². The number of carboxylic acids is 1. The smallest absolute Gasteiger partial charge is 0.335 e. The summed E-state index contributed by atoms with van der Waals surface area (Å²) in [7, 11) is 3.50. The molecular formula is C43H40N4O6. The molecule has 53 heavy (non-hydrogen) atoms. The Labute approximate surface area is 307 Å². The van der Waals surface area contributed by atoms with Crippen LogP contribution in [0.3, 0.4) is 0 Å². The van der Waals surface area contributed by atoms with Gasteiger partial charge in [-0.3, -0.25) is 4.79 Å². The average Bonchev–Trinajstić information content (AvgIpc) is 3.49. The lowest BCUT2D eigenvalue weighted by atomic mass is 9.96. The molecule has 0 radical (unpaired) electrons. The van der Waals surface area contributed by atoms with E-state index in [1.165, 1.54) is 0 Å². The SMILES string of the molecule is CN(C)C(=O)c1ccc(-c2ccc3c(c2)CCCOc2cc(ccc2Cc2nc4ccc(C(=O)O)cc4n2C[C@@H]2CCO2)-c2cccc(n2)OC3)cc1. The zero-order valence-corrected chi connectivity index (χ0v) is 29.7. The van der Waals surface area contributed by atoms with Crippen molar-refractivity contribution >= 4 is 22.9 Å². The van der Waals surface area contributed by atoms with Crippen molar-refractivity contribution < 1.29 is 28.9 Å². The Morgan fingerprint density at radius 3 is 2.40 bits per heavy atom. The molecule has 268 valence electrons. The first-order chi connectivity index (χ1) is 25.8. The molecule has 2 aromatic heterocycles. The number of carbonyl (C=O) groups is 2. The standard InChI is InChI=1S/C43H40N4O6/c1-46(2)42(48)28-10-8-27(9-11-28)30-12-15-34-26-53-41-7-3-6-36(45-41)31-13-14-32(39(23-31)52-19-4-5-29(34)21-30)24-40-44-37-17-16-33(43(49)50)22-38(37)47(40)25-35-18-20-51-35/h3,6-17,21-23,35H,4-5,18-20,24-26H2,1-2H3,(H,49,50)/t35-/m0/s1. The van der Waals surface area contributed by atoms with E-state index in [2.05, 4.69) is 28.8 Å². The zero-order valence-electron chi connectivity index (χ0n) is 29.7. The topological polar surface area (TPSA) is 116 Å². The Kier molecular flexibility index (Phi) is 9.37. The van der Waals surface area contributed by atoms with Gasteiger partial charge < -0.3 is 28.8 Å². The van der Waals surface area contributed by atoms with Crippen molar-refractivity contribution in [2.24, 2.45) is 0 Å². The van der Waals surface area contributed by atoms with Gasteiger partial charge >= 0.3 is 5.97 Å². The first kappa shape index (κ1) is 34.1. The zero-order chi connectivity index (χ0) is 36.5. The molecule has 1 atom stereocenters. The van der Waals surface area contributed by atoms with Crippen LogP contribution in [0.1, 0.15) is 56.1 Å². The summed E-state index contributed by atoms with van der Waals surface area (Å²) in [6, 6.07) is 31.1. The highest BCUT2D eigenvalue weighted by Gasteiger charge is 2.23. The molecule has 10 heteroatoms. The summed E-state index contributed by atoms with van der Waals surface area (Å²) in [5, 5.41) is 9.70. The van der Waals surface area contributed by atoms with E-state index in [0.29, 0.717) is 37.6 Å². The van der Waals surface area contributed by atoms with Gasteiger partial charge in [0.15, 0.2) is 0 Å². The van der Waals surface area contributed by atoms with Gasteiger partial charge in [-0.1, -0.05) is 48.5 Å². The summed E-state index contributed by atoms with van der Waals surface area (Å²) in [5.41, 5.74) is 9.40. The van der Waals surface area contributed by atoms with Crippen LogP contribution in [0.5, 0.6) is 11.6 Å². The van der Waals surface area contributed by atoms with E-state index in [0.717, 1.165) is 87.6 Å². The quantitative estimate of drug-likeness (QED) is 0.182. The number of imidazole rings is 1. The summed E-state index contributed by atoms with van der Waals surface area (Å²) in [5.74, 6) is 1.11. The van der Waals surface area contributed by atoms with Gasteiger partial charge in [0.05, 0.1) is 41.5 Å². The molecule has 0 unspecified atom stereocenters. The fraction of sp³-hybridized carbons (Fsp3) is 0.256. The Morgan fingerprint density at radius 2 is 1.62 bits per heavy atom. The number of aromatic carboxylic acids is 1. The molecule has 10 nitrogen and oxygen atoms in total. The van der Waals surface area contributed by atoms with E-state index in [4.69, 9.17) is 24.2 Å². The molecule has 1 amide bonds. The van der Waals surface area contributed by atoms with Crippen LogP contribution in [0, 0.1) is 0 Å². The number of ether oxygens (including phenoxy) is 3. The van der Waals surface area contributed by atoms with Crippen molar-refractivity contribution in [2.75, 3.05) is 27.3 Å². The van der Waals surface area contributed by atoms with Crippen LogP contribution in [-0.2, 0) is 30.7 Å². The second-order valence-electron chi connectivity index (χ2n) is 13.8. The minimum atomic E-state index is -0.971. The number of benzene rings is 4. The molecule has 1 saturated heterocycles. The van der Waals surface area contributed by atoms with E-state index in [1.807, 2.05) is 54.6 Å². The van der Waals surface area contributed by atoms with Crippen LogP contribution in [0.25, 0.3) is 33.4 Å². The molecule has 2 aliphatic heterocycles. The van der Waals surface area contributed by atoms with E-state index < -0.39 is 5.97 Å². The van der Waals surface area contributed by atoms with Crippen molar-refractivity contribution in [1.29, 1.82) is 0 Å². The second-order valence-corrected chi connectivity index (χ2v) is 13.8. The molecule has 6 aromatic rings. The summed E-state index contributed by atoms with van der Waals surface area (Å²) in [4.78, 5) is 35.7. The van der Waals surface area contributed by atoms with Crippen LogP contribution < -0.4 is 9.47 Å². The van der Waals surface area contributed by atoms with Crippen molar-refractivity contribution in [3.63, 3.8) is 0 Å². The molecular weight excluding hydrogens is 668 g/mol. The number of aromatic nitrogens is 3. The molecule has 0 saturated carbocycles. The summed E-state index contributed by atoms with van der Waals surface area (Å²) in [6.45, 7) is 2.20. The van der Waals surface area contributed by atoms with Gasteiger partial charge in [0.1, 0.15) is 18.2 Å². The Bertz CT molecular complexity index is 2330. The summed E-state index contributed by atoms with van der Waals surface area (Å²) >= 11 is 0. The maximum atomic E-state index is 12.4. The lowest BCUT2D eigenvalue weighted by Crippen LogP contribution is -2.31. The van der Waals surface area contributed by atoms with Gasteiger partial charge in [-0.2, -0.15) is 0 Å². The van der Waals surface area contributed by atoms with Crippen LogP contribution in [0.15, 0.2) is 97.1 Å². The number of nitrogens with zero attached hydrogens (tertiary/aromatic N) is 4. The van der Waals surface area contributed by atoms with Gasteiger partial charge in [0, 0.05) is 49.9 Å². The maximum Gasteiger partial charge on any atom is 0.335 e. The number of hydrogen-bond acceptors (Lipinski definition) is 7. The molecule has 4 bridgehead atoms. The first-order valence-corrected chi connectivity index (χ1v) is 17.9. The van der Waals surface area contributed by atoms with Crippen molar-refractivity contribution in [3.8, 4) is 34.0 Å². The highest BCUT2D eigenvalue weighted by molar-refractivity contribution is 5.94. The van der Waals surface area contributed by atoms with Gasteiger partial charge in [0.2, 0.25) is 5.88 Å². The third kappa shape index (κ3) is 7.23. The fourth-order valence-corrected chi connectivity index (χ4v) is 6.94. The lowest BCUT2D eigenvalue weighted by molar-refractivity contribution is -0.0589. The van der Waals surface area contributed by atoms with E-state index in [9.17, 15) is 14.7 Å². The summed E-state index contributed by atoms with van der Waals surface area (Å²) < 4.78 is 20.7. The van der Waals surface area contributed by atoms with E-state index in [1.54, 1.807) is 37.2 Å². The molecule has 0 spiro atoms.